The summed E-state index contributed by atoms with van der Waals surface area (Å²) in [5, 5.41) is 10.3. The van der Waals surface area contributed by atoms with E-state index in [1.54, 1.807) is 0 Å². The number of hydrogen-bond donors (Lipinski definition) is 0. The molecule has 4 heteroatoms. The van der Waals surface area contributed by atoms with Gasteiger partial charge in [0.15, 0.2) is 0 Å². The summed E-state index contributed by atoms with van der Waals surface area (Å²) >= 11 is 0. The Balaban J connectivity index is 1.49. The van der Waals surface area contributed by atoms with Gasteiger partial charge in [-0.3, -0.25) is 9.55 Å². The minimum absolute atomic E-state index is 0.924. The summed E-state index contributed by atoms with van der Waals surface area (Å²) in [6, 6.07) is 37.8. The molecule has 0 N–H and O–H groups in total. The first-order valence-corrected chi connectivity index (χ1v) is 14.9. The zero-order valence-corrected chi connectivity index (χ0v) is 23.0. The molecule has 1 aliphatic heterocycles. The van der Waals surface area contributed by atoms with Gasteiger partial charge in [0.25, 0.3) is 0 Å². The summed E-state index contributed by atoms with van der Waals surface area (Å²) in [7, 11) is 0. The first kappa shape index (κ1) is 22.5. The summed E-state index contributed by atoms with van der Waals surface area (Å²) in [5.74, 6) is 1.10. The van der Waals surface area contributed by atoms with Crippen LogP contribution >= 0.6 is 0 Å². The standard InChI is InChI=1S/C38H26N4/c1-2-11-24-23(10-1)19-20-27-35-37-28(22-29-26-13-4-7-17-33(26)42(36(24)27)38(29)35)25-12-3-6-16-32(25)41(37)34-18-8-5-14-30-31(40-34)15-9-21-39-30/h1-4,6-7,9-13,15-17,19-22H,5,8,14,18H2/b40-34+. The number of pyridine rings is 1. The lowest BCUT2D eigenvalue weighted by molar-refractivity contribution is 0.734. The Morgan fingerprint density at radius 3 is 2.19 bits per heavy atom. The maximum absolute atomic E-state index is 5.37. The van der Waals surface area contributed by atoms with E-state index in [-0.39, 0.29) is 0 Å². The Morgan fingerprint density at radius 1 is 0.548 bits per heavy atom. The molecule has 198 valence electrons. The van der Waals surface area contributed by atoms with Crippen LogP contribution in [-0.4, -0.2) is 19.8 Å². The van der Waals surface area contributed by atoms with Crippen LogP contribution in [0, 0.1) is 0 Å². The molecule has 5 heterocycles. The highest BCUT2D eigenvalue weighted by molar-refractivity contribution is 6.37. The van der Waals surface area contributed by atoms with Gasteiger partial charge in [0.1, 0.15) is 5.84 Å². The molecule has 10 rings (SSSR count). The zero-order valence-electron chi connectivity index (χ0n) is 23.0. The summed E-state index contributed by atoms with van der Waals surface area (Å²) in [4.78, 5) is 10.1. The smallest absolute Gasteiger partial charge is 0.114 e. The SMILES string of the molecule is c1cnc2c(c1)/N=C(/n1c3ccccc3c3cc4c5ccccc5n5c6c7ccccc7ccc6c(c31)c45)CCCC2. The quantitative estimate of drug-likeness (QED) is 0.189. The number of para-hydroxylation sites is 2. The molecule has 0 bridgehead atoms. The zero-order chi connectivity index (χ0) is 27.4. The van der Waals surface area contributed by atoms with Gasteiger partial charge >= 0.3 is 0 Å². The number of aryl methyl sites for hydroxylation is 1. The minimum atomic E-state index is 0.924. The van der Waals surface area contributed by atoms with Crippen molar-refractivity contribution in [1.82, 2.24) is 14.0 Å². The van der Waals surface area contributed by atoms with E-state index in [0.717, 1.165) is 42.9 Å². The number of aromatic nitrogens is 3. The van der Waals surface area contributed by atoms with Crippen LogP contribution in [0.1, 0.15) is 25.0 Å². The normalized spacial score (nSPS) is 15.7. The van der Waals surface area contributed by atoms with Crippen molar-refractivity contribution < 1.29 is 0 Å². The van der Waals surface area contributed by atoms with Gasteiger partial charge in [-0.2, -0.15) is 0 Å². The number of fused-ring (bicyclic) bond motifs is 13. The van der Waals surface area contributed by atoms with E-state index in [4.69, 9.17) is 9.98 Å². The molecule has 1 aliphatic rings. The second-order valence-electron chi connectivity index (χ2n) is 11.6. The molecule has 0 saturated heterocycles. The lowest BCUT2D eigenvalue weighted by atomic mass is 10.0. The maximum Gasteiger partial charge on any atom is 0.114 e. The number of rotatable bonds is 0. The molecule has 0 unspecified atom stereocenters. The molecule has 0 fully saturated rings. The van der Waals surface area contributed by atoms with Crippen LogP contribution in [0.5, 0.6) is 0 Å². The first-order chi connectivity index (χ1) is 20.9. The molecule has 0 saturated carbocycles. The van der Waals surface area contributed by atoms with Crippen molar-refractivity contribution in [2.45, 2.75) is 25.7 Å². The average molecular weight is 539 g/mol. The lowest BCUT2D eigenvalue weighted by Gasteiger charge is -2.16. The molecule has 0 radical (unpaired) electrons. The third kappa shape index (κ3) is 2.81. The Hall–Kier alpha value is -5.22. The fraction of sp³-hybridized carbons (Fsp3) is 0.105. The van der Waals surface area contributed by atoms with Crippen LogP contribution in [0.4, 0.5) is 5.69 Å². The predicted octanol–water partition coefficient (Wildman–Crippen LogP) is 9.80. The van der Waals surface area contributed by atoms with Crippen molar-refractivity contribution in [2.75, 3.05) is 0 Å². The van der Waals surface area contributed by atoms with Crippen LogP contribution in [0.25, 0.3) is 70.7 Å². The highest BCUT2D eigenvalue weighted by Gasteiger charge is 2.26. The second kappa shape index (κ2) is 8.17. The van der Waals surface area contributed by atoms with Crippen molar-refractivity contribution in [2.24, 2.45) is 4.99 Å². The summed E-state index contributed by atoms with van der Waals surface area (Å²) in [6.45, 7) is 0. The van der Waals surface area contributed by atoms with Gasteiger partial charge in [-0.25, -0.2) is 4.99 Å². The molecule has 0 atom stereocenters. The predicted molar refractivity (Wildman–Crippen MR) is 176 cm³/mol. The molecule has 42 heavy (non-hydrogen) atoms. The van der Waals surface area contributed by atoms with Gasteiger partial charge in [-0.1, -0.05) is 72.8 Å². The van der Waals surface area contributed by atoms with Crippen molar-refractivity contribution in [3.05, 3.63) is 115 Å². The van der Waals surface area contributed by atoms with Gasteiger partial charge < -0.3 is 4.40 Å². The van der Waals surface area contributed by atoms with Crippen LogP contribution in [0.15, 0.2) is 114 Å². The molecule has 4 nitrogen and oxygen atoms in total. The second-order valence-corrected chi connectivity index (χ2v) is 11.6. The van der Waals surface area contributed by atoms with E-state index in [9.17, 15) is 0 Å². The van der Waals surface area contributed by atoms with E-state index < -0.39 is 0 Å². The van der Waals surface area contributed by atoms with E-state index in [1.807, 2.05) is 12.3 Å². The topological polar surface area (TPSA) is 34.6 Å². The highest BCUT2D eigenvalue weighted by atomic mass is 15.1. The maximum atomic E-state index is 5.37. The summed E-state index contributed by atoms with van der Waals surface area (Å²) < 4.78 is 5.01. The molecule has 0 amide bonds. The van der Waals surface area contributed by atoms with Crippen LogP contribution in [-0.2, 0) is 6.42 Å². The van der Waals surface area contributed by atoms with Crippen LogP contribution in [0.3, 0.4) is 0 Å². The Labute approximate surface area is 241 Å². The Kier molecular flexibility index (Phi) is 4.37. The molecule has 4 aromatic heterocycles. The average Bonchev–Trinajstić information content (AvgIpc) is 3.66. The van der Waals surface area contributed by atoms with Crippen molar-refractivity contribution in [1.29, 1.82) is 0 Å². The van der Waals surface area contributed by atoms with Gasteiger partial charge in [-0.15, -0.1) is 0 Å². The molecule has 0 aliphatic carbocycles. The van der Waals surface area contributed by atoms with E-state index in [0.29, 0.717) is 0 Å². The van der Waals surface area contributed by atoms with Crippen molar-refractivity contribution >= 4 is 82.2 Å². The molecular formula is C38H26N4. The third-order valence-corrected chi connectivity index (χ3v) is 9.42. The molecule has 0 spiro atoms. The fourth-order valence-corrected chi connectivity index (χ4v) is 7.68. The fourth-order valence-electron chi connectivity index (χ4n) is 7.68. The van der Waals surface area contributed by atoms with Gasteiger partial charge in [-0.05, 0) is 55.0 Å². The number of aliphatic imine (C=N–C) groups is 1. The van der Waals surface area contributed by atoms with E-state index in [2.05, 4.69) is 106 Å². The van der Waals surface area contributed by atoms with Crippen LogP contribution < -0.4 is 0 Å². The van der Waals surface area contributed by atoms with Gasteiger partial charge in [0.2, 0.25) is 0 Å². The largest absolute Gasteiger partial charge is 0.307 e. The Morgan fingerprint density at radius 2 is 1.29 bits per heavy atom. The molecular weight excluding hydrogens is 512 g/mol. The highest BCUT2D eigenvalue weighted by Crippen LogP contribution is 2.47. The molecule has 9 aromatic rings. The molecule has 5 aromatic carbocycles. The summed E-state index contributed by atoms with van der Waals surface area (Å²) in [6.07, 6.45) is 6.00. The minimum Gasteiger partial charge on any atom is -0.307 e. The van der Waals surface area contributed by atoms with Gasteiger partial charge in [0.05, 0.1) is 39.0 Å². The first-order valence-electron chi connectivity index (χ1n) is 14.9. The van der Waals surface area contributed by atoms with E-state index in [1.165, 1.54) is 70.7 Å². The van der Waals surface area contributed by atoms with Crippen LogP contribution in [0.2, 0.25) is 0 Å². The number of nitrogens with zero attached hydrogens (tertiary/aromatic N) is 4. The van der Waals surface area contributed by atoms with Crippen molar-refractivity contribution in [3.63, 3.8) is 0 Å². The van der Waals surface area contributed by atoms with Crippen molar-refractivity contribution in [3.8, 4) is 0 Å². The number of hydrogen-bond acceptors (Lipinski definition) is 2. The monoisotopic (exact) mass is 538 g/mol. The lowest BCUT2D eigenvalue weighted by Crippen LogP contribution is -2.13. The Bertz CT molecular complexity index is 2580. The number of benzene rings is 5. The summed E-state index contributed by atoms with van der Waals surface area (Å²) in [5.41, 5.74) is 8.41. The van der Waals surface area contributed by atoms with E-state index >= 15 is 0 Å². The van der Waals surface area contributed by atoms with Gasteiger partial charge in [0, 0.05) is 50.3 Å². The third-order valence-electron chi connectivity index (χ3n) is 9.42.